The second-order valence-electron chi connectivity index (χ2n) is 5.67. The molecule has 0 aliphatic heterocycles. The number of carbonyl (C=O) groups is 2. The molecule has 4 nitrogen and oxygen atoms in total. The van der Waals surface area contributed by atoms with Crippen molar-refractivity contribution >= 4 is 28.9 Å². The zero-order chi connectivity index (χ0) is 19.2. The molecule has 0 fully saturated rings. The first kappa shape index (κ1) is 28.9. The molecule has 152 valence electrons. The van der Waals surface area contributed by atoms with Crippen LogP contribution in [-0.4, -0.2) is 34.0 Å². The highest BCUT2D eigenvalue weighted by Crippen LogP contribution is 2.26. The van der Waals surface area contributed by atoms with Crippen LogP contribution in [0.15, 0.2) is 0 Å². The molecular formula is C16H29BrF4O4. The molecule has 0 bridgehead atoms. The number of hydrogen-bond acceptors (Lipinski definition) is 2. The summed E-state index contributed by atoms with van der Waals surface area (Å²) >= 11 is 0. The minimum Gasteiger partial charge on any atom is -0.481 e. The molecule has 0 spiro atoms. The number of aliphatic carboxylic acids is 2. The van der Waals surface area contributed by atoms with Gasteiger partial charge in [0.2, 0.25) is 5.92 Å². The summed E-state index contributed by atoms with van der Waals surface area (Å²) in [5, 5.41) is 16.2. The van der Waals surface area contributed by atoms with Gasteiger partial charge in [-0.15, -0.1) is 17.0 Å². The van der Waals surface area contributed by atoms with Crippen LogP contribution in [0.3, 0.4) is 0 Å². The molecule has 25 heavy (non-hydrogen) atoms. The van der Waals surface area contributed by atoms with Crippen molar-refractivity contribution in [1.82, 2.24) is 0 Å². The van der Waals surface area contributed by atoms with E-state index in [0.29, 0.717) is 19.3 Å². The van der Waals surface area contributed by atoms with Gasteiger partial charge >= 0.3 is 17.9 Å². The van der Waals surface area contributed by atoms with E-state index in [2.05, 4.69) is 0 Å². The first-order chi connectivity index (χ1) is 11.0. The fraction of sp³-hybridized carbons (Fsp3) is 0.875. The highest BCUT2D eigenvalue weighted by molar-refractivity contribution is 8.93. The summed E-state index contributed by atoms with van der Waals surface area (Å²) in [5.41, 5.74) is 0. The zero-order valence-electron chi connectivity index (χ0n) is 14.7. The molecule has 0 atom stereocenters. The van der Waals surface area contributed by atoms with E-state index < -0.39 is 43.0 Å². The van der Waals surface area contributed by atoms with Crippen molar-refractivity contribution in [1.29, 1.82) is 0 Å². The number of unbranched alkanes of at least 4 members (excludes halogenated alkanes) is 4. The Hall–Kier alpha value is -0.860. The van der Waals surface area contributed by atoms with Gasteiger partial charge in [-0.05, 0) is 12.8 Å². The van der Waals surface area contributed by atoms with Crippen LogP contribution in [0.25, 0.3) is 0 Å². The average molecular weight is 441 g/mol. The lowest BCUT2D eigenvalue weighted by atomic mass is 10.1. The van der Waals surface area contributed by atoms with Gasteiger partial charge in [-0.2, -0.15) is 8.78 Å². The number of carboxylic acid groups (broad SMARTS) is 2. The summed E-state index contributed by atoms with van der Waals surface area (Å²) in [4.78, 5) is 19.9. The van der Waals surface area contributed by atoms with Crippen molar-refractivity contribution in [2.45, 2.75) is 89.9 Å². The monoisotopic (exact) mass is 440 g/mol. The largest absolute Gasteiger partial charge is 0.481 e. The lowest BCUT2D eigenvalue weighted by molar-refractivity contribution is -0.165. The first-order valence-corrected chi connectivity index (χ1v) is 8.19. The standard InChI is InChI=1S/2C8H14F2O2.BrH/c1-2-3-5-8(9,10)6-4-7(11)12;1-2-3-4-5-6-8(9,10)7(11)12;/h2*2-6H2,1H3,(H,11,12);1H. The predicted molar refractivity (Wildman–Crippen MR) is 93.0 cm³/mol. The number of hydrogen-bond donors (Lipinski definition) is 2. The van der Waals surface area contributed by atoms with E-state index >= 15 is 0 Å². The average Bonchev–Trinajstić information content (AvgIpc) is 2.48. The molecule has 0 aromatic heterocycles. The van der Waals surface area contributed by atoms with Crippen LogP contribution in [0, 0.1) is 0 Å². The van der Waals surface area contributed by atoms with Crippen LogP contribution in [0.2, 0.25) is 0 Å². The third-order valence-electron chi connectivity index (χ3n) is 3.26. The van der Waals surface area contributed by atoms with E-state index in [1.807, 2.05) is 13.8 Å². The highest BCUT2D eigenvalue weighted by atomic mass is 79.9. The van der Waals surface area contributed by atoms with Crippen molar-refractivity contribution in [2.24, 2.45) is 0 Å². The van der Waals surface area contributed by atoms with Gasteiger partial charge in [0, 0.05) is 19.3 Å². The third-order valence-corrected chi connectivity index (χ3v) is 3.26. The van der Waals surface area contributed by atoms with Gasteiger partial charge in [-0.25, -0.2) is 13.6 Å². The van der Waals surface area contributed by atoms with Gasteiger partial charge in [0.25, 0.3) is 0 Å². The fourth-order valence-corrected chi connectivity index (χ4v) is 1.73. The summed E-state index contributed by atoms with van der Waals surface area (Å²) in [6, 6.07) is 0. The molecule has 0 aliphatic rings. The van der Waals surface area contributed by atoms with Crippen molar-refractivity contribution in [3.05, 3.63) is 0 Å². The molecule has 9 heteroatoms. The van der Waals surface area contributed by atoms with Gasteiger partial charge in [0.1, 0.15) is 0 Å². The maximum Gasteiger partial charge on any atom is 0.374 e. The van der Waals surface area contributed by atoms with E-state index in [4.69, 9.17) is 10.2 Å². The predicted octanol–water partition coefficient (Wildman–Crippen LogP) is 5.93. The van der Waals surface area contributed by atoms with Gasteiger partial charge in [-0.3, -0.25) is 4.79 Å². The van der Waals surface area contributed by atoms with E-state index in [0.717, 1.165) is 12.8 Å². The van der Waals surface area contributed by atoms with Crippen molar-refractivity contribution < 1.29 is 37.4 Å². The Morgan fingerprint density at radius 1 is 0.800 bits per heavy atom. The minimum atomic E-state index is -3.53. The van der Waals surface area contributed by atoms with Gasteiger partial charge in [0.15, 0.2) is 0 Å². The Morgan fingerprint density at radius 2 is 1.32 bits per heavy atom. The number of rotatable bonds is 12. The van der Waals surface area contributed by atoms with Crippen LogP contribution in [-0.2, 0) is 9.59 Å². The Bertz CT molecular complexity index is 366. The molecule has 0 saturated carbocycles. The van der Waals surface area contributed by atoms with Crippen LogP contribution >= 0.6 is 17.0 Å². The highest BCUT2D eigenvalue weighted by Gasteiger charge is 2.37. The van der Waals surface area contributed by atoms with Crippen LogP contribution < -0.4 is 0 Å². The summed E-state index contributed by atoms with van der Waals surface area (Å²) in [5.74, 6) is -9.51. The molecule has 0 aliphatic carbocycles. The van der Waals surface area contributed by atoms with Crippen molar-refractivity contribution in [3.63, 3.8) is 0 Å². The second kappa shape index (κ2) is 15.4. The van der Waals surface area contributed by atoms with E-state index in [1.165, 1.54) is 0 Å². The van der Waals surface area contributed by atoms with Crippen LogP contribution in [0.1, 0.15) is 78.1 Å². The Balaban J connectivity index is -0.000000372. The molecule has 0 saturated heterocycles. The minimum absolute atomic E-state index is 0. The lowest BCUT2D eigenvalue weighted by Crippen LogP contribution is -2.27. The molecule has 0 aromatic carbocycles. The molecule has 0 radical (unpaired) electrons. The molecule has 0 aromatic rings. The quantitative estimate of drug-likeness (QED) is 0.291. The number of alkyl halides is 4. The fourth-order valence-electron chi connectivity index (χ4n) is 1.73. The number of carboxylic acids is 2. The maximum absolute atomic E-state index is 12.7. The maximum atomic E-state index is 12.7. The Morgan fingerprint density at radius 3 is 1.72 bits per heavy atom. The SMILES string of the molecule is Br.CCCCC(F)(F)CCC(=O)O.CCCCCCC(F)(F)C(=O)O. The summed E-state index contributed by atoms with van der Waals surface area (Å²) in [7, 11) is 0. The third kappa shape index (κ3) is 19.3. The Kier molecular flexibility index (Phi) is 17.8. The lowest BCUT2D eigenvalue weighted by Gasteiger charge is -2.13. The zero-order valence-corrected chi connectivity index (χ0v) is 16.4. The van der Waals surface area contributed by atoms with Gasteiger partial charge < -0.3 is 10.2 Å². The van der Waals surface area contributed by atoms with Crippen LogP contribution in [0.5, 0.6) is 0 Å². The molecule has 0 rings (SSSR count). The topological polar surface area (TPSA) is 74.6 Å². The van der Waals surface area contributed by atoms with E-state index in [-0.39, 0.29) is 29.8 Å². The van der Waals surface area contributed by atoms with Crippen LogP contribution in [0.4, 0.5) is 17.6 Å². The van der Waals surface area contributed by atoms with Crippen molar-refractivity contribution in [2.75, 3.05) is 0 Å². The van der Waals surface area contributed by atoms with E-state index in [1.54, 1.807) is 0 Å². The summed E-state index contributed by atoms with van der Waals surface area (Å²) < 4.78 is 50.2. The number of halogens is 5. The van der Waals surface area contributed by atoms with E-state index in [9.17, 15) is 27.2 Å². The van der Waals surface area contributed by atoms with Crippen molar-refractivity contribution in [3.8, 4) is 0 Å². The first-order valence-electron chi connectivity index (χ1n) is 8.19. The molecule has 0 amide bonds. The molecular weight excluding hydrogens is 412 g/mol. The smallest absolute Gasteiger partial charge is 0.374 e. The molecule has 0 unspecified atom stereocenters. The van der Waals surface area contributed by atoms with Gasteiger partial charge in [0.05, 0.1) is 6.42 Å². The molecule has 2 N–H and O–H groups in total. The normalized spacial score (nSPS) is 11.1. The van der Waals surface area contributed by atoms with Gasteiger partial charge in [-0.1, -0.05) is 39.5 Å². The Labute approximate surface area is 156 Å². The second-order valence-corrected chi connectivity index (χ2v) is 5.67. The summed E-state index contributed by atoms with van der Waals surface area (Å²) in [6.07, 6.45) is 2.24. The summed E-state index contributed by atoms with van der Waals surface area (Å²) in [6.45, 7) is 3.79. The molecule has 0 heterocycles.